The highest BCUT2D eigenvalue weighted by atomic mass is 16.5. The number of aryl methyl sites for hydroxylation is 1. The molecule has 0 spiro atoms. The number of hydrogen-bond acceptors (Lipinski definition) is 4. The Hall–Kier alpha value is -2.63. The molecule has 3 aromatic rings. The van der Waals surface area contributed by atoms with E-state index in [1.165, 1.54) is 0 Å². The van der Waals surface area contributed by atoms with Gasteiger partial charge < -0.3 is 18.8 Å². The van der Waals surface area contributed by atoms with Crippen molar-refractivity contribution < 1.29 is 14.2 Å². The van der Waals surface area contributed by atoms with E-state index in [4.69, 9.17) is 14.2 Å². The maximum absolute atomic E-state index is 11.8. The maximum Gasteiger partial charge on any atom is 0.250 e. The van der Waals surface area contributed by atoms with E-state index in [0.717, 1.165) is 53.5 Å². The molecule has 2 aromatic carbocycles. The largest absolute Gasteiger partial charge is 0.489 e. The van der Waals surface area contributed by atoms with Gasteiger partial charge in [0.25, 0.3) is 5.56 Å². The van der Waals surface area contributed by atoms with Gasteiger partial charge in [-0.1, -0.05) is 18.2 Å². The third-order valence-corrected chi connectivity index (χ3v) is 6.42. The molecular formula is C25H29NO4. The average Bonchev–Trinajstić information content (AvgIpc) is 2.80. The number of nitrogens with zero attached hydrogens (tertiary/aromatic N) is 1. The molecule has 0 unspecified atom stereocenters. The SMILES string of the molecule is COC1CCC(OC)(c2cccc(OCc3ccc4c(ccc(=O)n4C)c3)c2)CC1. The molecule has 1 aliphatic carbocycles. The van der Waals surface area contributed by atoms with Crippen LogP contribution in [0.5, 0.6) is 5.75 Å². The number of methoxy groups -OCH3 is 2. The van der Waals surface area contributed by atoms with E-state index in [2.05, 4.69) is 18.2 Å². The van der Waals surface area contributed by atoms with Crippen LogP contribution in [0, 0.1) is 0 Å². The zero-order valence-electron chi connectivity index (χ0n) is 17.9. The van der Waals surface area contributed by atoms with E-state index < -0.39 is 0 Å². The summed E-state index contributed by atoms with van der Waals surface area (Å²) < 4.78 is 19.3. The second-order valence-electron chi connectivity index (χ2n) is 8.07. The number of fused-ring (bicyclic) bond motifs is 1. The molecule has 4 rings (SSSR count). The van der Waals surface area contributed by atoms with Gasteiger partial charge in [0, 0.05) is 27.3 Å². The van der Waals surface area contributed by atoms with E-state index in [1.807, 2.05) is 30.3 Å². The Kier molecular flexibility index (Phi) is 5.93. The van der Waals surface area contributed by atoms with Crippen molar-refractivity contribution in [3.8, 4) is 5.75 Å². The van der Waals surface area contributed by atoms with Gasteiger partial charge in [0.05, 0.1) is 17.2 Å². The van der Waals surface area contributed by atoms with Gasteiger partial charge in [-0.2, -0.15) is 0 Å². The number of benzene rings is 2. The molecule has 0 saturated heterocycles. The summed E-state index contributed by atoms with van der Waals surface area (Å²) >= 11 is 0. The van der Waals surface area contributed by atoms with Crippen molar-refractivity contribution in [1.82, 2.24) is 4.57 Å². The van der Waals surface area contributed by atoms with Crippen molar-refractivity contribution in [3.05, 3.63) is 76.1 Å². The average molecular weight is 408 g/mol. The number of rotatable bonds is 6. The quantitative estimate of drug-likeness (QED) is 0.602. The molecule has 0 amide bonds. The number of ether oxygens (including phenoxy) is 3. The van der Waals surface area contributed by atoms with Gasteiger partial charge >= 0.3 is 0 Å². The van der Waals surface area contributed by atoms with Crippen LogP contribution in [0.3, 0.4) is 0 Å². The minimum Gasteiger partial charge on any atom is -0.489 e. The zero-order valence-corrected chi connectivity index (χ0v) is 17.9. The van der Waals surface area contributed by atoms with Gasteiger partial charge in [-0.15, -0.1) is 0 Å². The van der Waals surface area contributed by atoms with Crippen LogP contribution in [0.4, 0.5) is 0 Å². The van der Waals surface area contributed by atoms with Crippen LogP contribution in [0.1, 0.15) is 36.8 Å². The molecule has 1 aromatic heterocycles. The number of aromatic nitrogens is 1. The van der Waals surface area contributed by atoms with Crippen LogP contribution in [0.25, 0.3) is 10.9 Å². The molecule has 1 aliphatic rings. The van der Waals surface area contributed by atoms with Gasteiger partial charge in [-0.25, -0.2) is 0 Å². The van der Waals surface area contributed by atoms with Crippen LogP contribution in [0.15, 0.2) is 59.4 Å². The van der Waals surface area contributed by atoms with E-state index in [1.54, 1.807) is 31.9 Å². The Labute approximate surface area is 177 Å². The molecule has 0 N–H and O–H groups in total. The predicted octanol–water partition coefficient (Wildman–Crippen LogP) is 4.55. The van der Waals surface area contributed by atoms with E-state index in [0.29, 0.717) is 12.7 Å². The summed E-state index contributed by atoms with van der Waals surface area (Å²) in [6, 6.07) is 17.7. The van der Waals surface area contributed by atoms with Crippen LogP contribution in [-0.4, -0.2) is 24.9 Å². The summed E-state index contributed by atoms with van der Waals surface area (Å²) in [5.41, 5.74) is 2.86. The van der Waals surface area contributed by atoms with Crippen LogP contribution in [0.2, 0.25) is 0 Å². The van der Waals surface area contributed by atoms with Crippen molar-refractivity contribution >= 4 is 10.9 Å². The molecule has 1 fully saturated rings. The van der Waals surface area contributed by atoms with Crippen molar-refractivity contribution in [2.24, 2.45) is 7.05 Å². The molecule has 30 heavy (non-hydrogen) atoms. The smallest absolute Gasteiger partial charge is 0.250 e. The summed E-state index contributed by atoms with van der Waals surface area (Å²) in [5.74, 6) is 0.832. The van der Waals surface area contributed by atoms with Crippen LogP contribution < -0.4 is 10.3 Å². The van der Waals surface area contributed by atoms with Gasteiger partial charge in [0.2, 0.25) is 0 Å². The second kappa shape index (κ2) is 8.62. The molecular weight excluding hydrogens is 378 g/mol. The molecule has 1 saturated carbocycles. The fourth-order valence-electron chi connectivity index (χ4n) is 4.46. The normalized spacial score (nSPS) is 21.6. The lowest BCUT2D eigenvalue weighted by molar-refractivity contribution is -0.0762. The summed E-state index contributed by atoms with van der Waals surface area (Å²) in [5, 5.41) is 1.03. The molecule has 0 aliphatic heterocycles. The minimum atomic E-state index is -0.276. The molecule has 0 radical (unpaired) electrons. The first-order valence-electron chi connectivity index (χ1n) is 10.4. The topological polar surface area (TPSA) is 49.7 Å². The standard InChI is InChI=1S/C25H29NO4/c1-26-23-9-7-18(15-19(23)8-10-24(26)27)17-30-22-6-4-5-20(16-22)25(29-3)13-11-21(28-2)12-14-25/h4-10,15-16,21H,11-14,17H2,1-3H3. The van der Waals surface area contributed by atoms with Crippen molar-refractivity contribution in [2.75, 3.05) is 14.2 Å². The first kappa shape index (κ1) is 20.6. The summed E-state index contributed by atoms with van der Waals surface area (Å²) in [4.78, 5) is 11.8. The van der Waals surface area contributed by atoms with Gasteiger partial charge in [-0.3, -0.25) is 4.79 Å². The van der Waals surface area contributed by atoms with E-state index in [-0.39, 0.29) is 11.2 Å². The first-order valence-corrected chi connectivity index (χ1v) is 10.4. The molecule has 0 atom stereocenters. The van der Waals surface area contributed by atoms with E-state index >= 15 is 0 Å². The first-order chi connectivity index (χ1) is 14.5. The van der Waals surface area contributed by atoms with Gasteiger partial charge in [-0.05, 0) is 72.5 Å². The van der Waals surface area contributed by atoms with Crippen molar-refractivity contribution in [2.45, 2.75) is 44.0 Å². The van der Waals surface area contributed by atoms with Gasteiger partial charge in [0.1, 0.15) is 12.4 Å². The fraction of sp³-hybridized carbons (Fsp3) is 0.400. The van der Waals surface area contributed by atoms with Crippen LogP contribution in [-0.2, 0) is 28.7 Å². The van der Waals surface area contributed by atoms with Gasteiger partial charge in [0.15, 0.2) is 0 Å². The summed E-state index contributed by atoms with van der Waals surface area (Å²) in [6.07, 6.45) is 4.19. The highest BCUT2D eigenvalue weighted by Gasteiger charge is 2.37. The lowest BCUT2D eigenvalue weighted by atomic mass is 9.78. The Balaban J connectivity index is 1.50. The summed E-state index contributed by atoms with van der Waals surface area (Å²) in [7, 11) is 5.37. The maximum atomic E-state index is 11.8. The Morgan fingerprint density at radius 1 is 1.03 bits per heavy atom. The predicted molar refractivity (Wildman–Crippen MR) is 118 cm³/mol. The molecule has 5 nitrogen and oxygen atoms in total. The van der Waals surface area contributed by atoms with Crippen molar-refractivity contribution in [3.63, 3.8) is 0 Å². The Morgan fingerprint density at radius 2 is 1.83 bits per heavy atom. The number of pyridine rings is 1. The fourth-order valence-corrected chi connectivity index (χ4v) is 4.46. The highest BCUT2D eigenvalue weighted by Crippen LogP contribution is 2.41. The third kappa shape index (κ3) is 4.00. The Bertz CT molecular complexity index is 1080. The lowest BCUT2D eigenvalue weighted by Crippen LogP contribution is -2.35. The zero-order chi connectivity index (χ0) is 21.1. The monoisotopic (exact) mass is 407 g/mol. The third-order valence-electron chi connectivity index (χ3n) is 6.42. The summed E-state index contributed by atoms with van der Waals surface area (Å²) in [6.45, 7) is 0.466. The van der Waals surface area contributed by atoms with E-state index in [9.17, 15) is 4.79 Å². The second-order valence-corrected chi connectivity index (χ2v) is 8.07. The minimum absolute atomic E-state index is 0.00470. The number of hydrogen-bond donors (Lipinski definition) is 0. The van der Waals surface area contributed by atoms with Crippen molar-refractivity contribution in [1.29, 1.82) is 0 Å². The molecule has 1 heterocycles. The lowest BCUT2D eigenvalue weighted by Gasteiger charge is -2.39. The Morgan fingerprint density at radius 3 is 2.57 bits per heavy atom. The highest BCUT2D eigenvalue weighted by molar-refractivity contribution is 5.79. The van der Waals surface area contributed by atoms with Crippen LogP contribution >= 0.6 is 0 Å². The molecule has 0 bridgehead atoms. The molecule has 158 valence electrons. The molecule has 5 heteroatoms.